The maximum Gasteiger partial charge on any atom is 0.142 e. The fourth-order valence-corrected chi connectivity index (χ4v) is 2.58. The molecule has 0 amide bonds. The molecule has 2 aromatic rings. The summed E-state index contributed by atoms with van der Waals surface area (Å²) in [6.45, 7) is 2.66. The van der Waals surface area contributed by atoms with Gasteiger partial charge in [0, 0.05) is 13.0 Å². The van der Waals surface area contributed by atoms with Gasteiger partial charge in [0.05, 0.1) is 37.5 Å². The second-order valence-electron chi connectivity index (χ2n) is 6.08. The number of aliphatic hydroxyl groups is 1. The highest BCUT2D eigenvalue weighted by Gasteiger charge is 2.37. The lowest BCUT2D eigenvalue weighted by molar-refractivity contribution is -0.128. The van der Waals surface area contributed by atoms with E-state index in [-0.39, 0.29) is 12.0 Å². The summed E-state index contributed by atoms with van der Waals surface area (Å²) in [5, 5.41) is 12.9. The molecule has 0 atom stereocenters. The van der Waals surface area contributed by atoms with Crippen LogP contribution in [0.4, 0.5) is 5.69 Å². The number of hydrogen-bond acceptors (Lipinski definition) is 4. The lowest BCUT2D eigenvalue weighted by atomic mass is 9.87. The molecule has 0 aliphatic carbocycles. The molecule has 1 aliphatic rings. The SMILES string of the molecule is OCC1(CNc2ccccc2OCCc2ccccc2)COC1. The Morgan fingerprint density at radius 2 is 1.78 bits per heavy atom. The van der Waals surface area contributed by atoms with Gasteiger partial charge < -0.3 is 19.9 Å². The molecule has 4 nitrogen and oxygen atoms in total. The summed E-state index contributed by atoms with van der Waals surface area (Å²) >= 11 is 0. The van der Waals surface area contributed by atoms with E-state index in [2.05, 4.69) is 17.4 Å². The van der Waals surface area contributed by atoms with E-state index in [1.165, 1.54) is 5.56 Å². The third-order valence-corrected chi connectivity index (χ3v) is 4.18. The standard InChI is InChI=1S/C19H23NO3/c21-13-19(14-22-15-19)12-20-17-8-4-5-9-18(17)23-11-10-16-6-2-1-3-7-16/h1-9,20-21H,10-15H2. The molecule has 3 rings (SSSR count). The minimum Gasteiger partial charge on any atom is -0.491 e. The van der Waals surface area contributed by atoms with Gasteiger partial charge in [0.1, 0.15) is 5.75 Å². The largest absolute Gasteiger partial charge is 0.491 e. The van der Waals surface area contributed by atoms with Crippen molar-refractivity contribution in [3.05, 3.63) is 60.2 Å². The molecule has 0 spiro atoms. The van der Waals surface area contributed by atoms with Gasteiger partial charge in [-0.15, -0.1) is 0 Å². The molecule has 122 valence electrons. The first-order chi connectivity index (χ1) is 11.3. The first kappa shape index (κ1) is 15.8. The van der Waals surface area contributed by atoms with E-state index in [4.69, 9.17) is 9.47 Å². The summed E-state index contributed by atoms with van der Waals surface area (Å²) in [5.74, 6) is 0.844. The molecule has 4 heteroatoms. The summed E-state index contributed by atoms with van der Waals surface area (Å²) in [4.78, 5) is 0. The van der Waals surface area contributed by atoms with Crippen molar-refractivity contribution < 1.29 is 14.6 Å². The number of hydrogen-bond donors (Lipinski definition) is 2. The Kier molecular flexibility index (Phi) is 5.16. The zero-order valence-electron chi connectivity index (χ0n) is 13.2. The lowest BCUT2D eigenvalue weighted by Gasteiger charge is -2.40. The Bertz CT molecular complexity index is 606. The Labute approximate surface area is 137 Å². The maximum atomic E-state index is 9.50. The van der Waals surface area contributed by atoms with E-state index < -0.39 is 0 Å². The van der Waals surface area contributed by atoms with Gasteiger partial charge in [0.2, 0.25) is 0 Å². The second kappa shape index (κ2) is 7.49. The van der Waals surface area contributed by atoms with Crippen LogP contribution in [0.1, 0.15) is 5.56 Å². The van der Waals surface area contributed by atoms with Crippen molar-refractivity contribution in [2.75, 3.05) is 38.3 Å². The van der Waals surface area contributed by atoms with Crippen LogP contribution < -0.4 is 10.1 Å². The minimum absolute atomic E-state index is 0.136. The zero-order valence-corrected chi connectivity index (χ0v) is 13.2. The first-order valence-electron chi connectivity index (χ1n) is 8.00. The summed E-state index contributed by atoms with van der Waals surface area (Å²) < 4.78 is 11.2. The van der Waals surface area contributed by atoms with Crippen molar-refractivity contribution >= 4 is 5.69 Å². The molecule has 1 fully saturated rings. The molecular formula is C19H23NO3. The second-order valence-corrected chi connectivity index (χ2v) is 6.08. The average molecular weight is 313 g/mol. The molecule has 1 aliphatic heterocycles. The molecule has 23 heavy (non-hydrogen) atoms. The van der Waals surface area contributed by atoms with Gasteiger partial charge in [-0.2, -0.15) is 0 Å². The number of anilines is 1. The van der Waals surface area contributed by atoms with Gasteiger partial charge in [-0.05, 0) is 17.7 Å². The number of rotatable bonds is 8. The fraction of sp³-hybridized carbons (Fsp3) is 0.368. The van der Waals surface area contributed by atoms with Gasteiger partial charge in [-0.3, -0.25) is 0 Å². The monoisotopic (exact) mass is 313 g/mol. The van der Waals surface area contributed by atoms with Crippen LogP contribution in [-0.2, 0) is 11.2 Å². The highest BCUT2D eigenvalue weighted by atomic mass is 16.5. The van der Waals surface area contributed by atoms with Crippen molar-refractivity contribution in [3.8, 4) is 5.75 Å². The number of aliphatic hydroxyl groups excluding tert-OH is 1. The fourth-order valence-electron chi connectivity index (χ4n) is 2.58. The molecule has 0 bridgehead atoms. The first-order valence-corrected chi connectivity index (χ1v) is 8.00. The van der Waals surface area contributed by atoms with Crippen LogP contribution in [0, 0.1) is 5.41 Å². The van der Waals surface area contributed by atoms with Crippen molar-refractivity contribution in [2.24, 2.45) is 5.41 Å². The van der Waals surface area contributed by atoms with Crippen LogP contribution in [0.5, 0.6) is 5.75 Å². The van der Waals surface area contributed by atoms with Crippen molar-refractivity contribution in [1.29, 1.82) is 0 Å². The molecule has 0 radical (unpaired) electrons. The Morgan fingerprint density at radius 1 is 1.04 bits per heavy atom. The molecule has 2 aromatic carbocycles. The number of ether oxygens (including phenoxy) is 2. The van der Waals surface area contributed by atoms with E-state index in [0.717, 1.165) is 17.9 Å². The Hall–Kier alpha value is -2.04. The summed E-state index contributed by atoms with van der Waals surface area (Å²) in [6, 6.07) is 18.2. The van der Waals surface area contributed by atoms with Gasteiger partial charge >= 0.3 is 0 Å². The van der Waals surface area contributed by atoms with Crippen LogP contribution in [0.2, 0.25) is 0 Å². The van der Waals surface area contributed by atoms with Gasteiger partial charge in [-0.25, -0.2) is 0 Å². The summed E-state index contributed by atoms with van der Waals surface area (Å²) in [5.41, 5.74) is 2.07. The molecule has 2 N–H and O–H groups in total. The predicted octanol–water partition coefficient (Wildman–Crippen LogP) is 2.73. The molecular weight excluding hydrogens is 290 g/mol. The van der Waals surface area contributed by atoms with Crippen molar-refractivity contribution in [2.45, 2.75) is 6.42 Å². The third-order valence-electron chi connectivity index (χ3n) is 4.18. The van der Waals surface area contributed by atoms with Gasteiger partial charge in [0.25, 0.3) is 0 Å². The van der Waals surface area contributed by atoms with Crippen LogP contribution >= 0.6 is 0 Å². The summed E-state index contributed by atoms with van der Waals surface area (Å²) in [6.07, 6.45) is 0.879. The van der Waals surface area contributed by atoms with E-state index in [1.54, 1.807) is 0 Å². The van der Waals surface area contributed by atoms with Crippen molar-refractivity contribution in [1.82, 2.24) is 0 Å². The molecule has 0 unspecified atom stereocenters. The number of nitrogens with one attached hydrogen (secondary N) is 1. The highest BCUT2D eigenvalue weighted by molar-refractivity contribution is 5.56. The Balaban J connectivity index is 1.55. The zero-order chi connectivity index (χ0) is 16.0. The number of benzene rings is 2. The molecule has 0 aromatic heterocycles. The van der Waals surface area contributed by atoms with Gasteiger partial charge in [0.15, 0.2) is 0 Å². The van der Waals surface area contributed by atoms with Crippen LogP contribution in [0.3, 0.4) is 0 Å². The van der Waals surface area contributed by atoms with E-state index in [1.807, 2.05) is 42.5 Å². The number of para-hydroxylation sites is 2. The van der Waals surface area contributed by atoms with Crippen LogP contribution in [0.25, 0.3) is 0 Å². The van der Waals surface area contributed by atoms with Crippen LogP contribution in [-0.4, -0.2) is 38.1 Å². The predicted molar refractivity (Wildman–Crippen MR) is 90.9 cm³/mol. The smallest absolute Gasteiger partial charge is 0.142 e. The van der Waals surface area contributed by atoms with Crippen molar-refractivity contribution in [3.63, 3.8) is 0 Å². The molecule has 1 heterocycles. The van der Waals surface area contributed by atoms with Crippen LogP contribution in [0.15, 0.2) is 54.6 Å². The van der Waals surface area contributed by atoms with E-state index >= 15 is 0 Å². The third kappa shape index (κ3) is 4.03. The Morgan fingerprint density at radius 3 is 2.48 bits per heavy atom. The maximum absolute atomic E-state index is 9.50. The van der Waals surface area contributed by atoms with Gasteiger partial charge in [-0.1, -0.05) is 42.5 Å². The minimum atomic E-state index is -0.156. The molecule has 1 saturated heterocycles. The molecule has 0 saturated carbocycles. The quantitative estimate of drug-likeness (QED) is 0.787. The highest BCUT2D eigenvalue weighted by Crippen LogP contribution is 2.30. The van der Waals surface area contributed by atoms with E-state index in [9.17, 15) is 5.11 Å². The van der Waals surface area contributed by atoms with E-state index in [0.29, 0.717) is 26.4 Å². The summed E-state index contributed by atoms with van der Waals surface area (Å²) in [7, 11) is 0. The topological polar surface area (TPSA) is 50.7 Å². The normalized spacial score (nSPS) is 15.7. The lowest BCUT2D eigenvalue weighted by Crippen LogP contribution is -2.50. The average Bonchev–Trinajstić information content (AvgIpc) is 2.56.